The molecule has 88 valence electrons. The smallest absolute Gasteiger partial charge is 0.0185 e. The molecule has 1 aliphatic heterocycles. The van der Waals surface area contributed by atoms with Crippen molar-refractivity contribution in [1.82, 2.24) is 5.32 Å². The van der Waals surface area contributed by atoms with E-state index in [2.05, 4.69) is 45.5 Å². The minimum atomic E-state index is 0.745. The quantitative estimate of drug-likeness (QED) is 0.907. The van der Waals surface area contributed by atoms with Gasteiger partial charge in [-0.2, -0.15) is 11.8 Å². The van der Waals surface area contributed by atoms with Crippen LogP contribution in [-0.2, 0) is 5.75 Å². The van der Waals surface area contributed by atoms with Gasteiger partial charge in [0.2, 0.25) is 0 Å². The average molecular weight is 300 g/mol. The van der Waals surface area contributed by atoms with Crippen LogP contribution in [0, 0.1) is 0 Å². The Kier molecular flexibility index (Phi) is 5.20. The molecule has 1 atom stereocenters. The molecule has 1 aromatic carbocycles. The number of benzene rings is 1. The fourth-order valence-corrected chi connectivity index (χ4v) is 3.35. The van der Waals surface area contributed by atoms with E-state index in [0.29, 0.717) is 0 Å². The van der Waals surface area contributed by atoms with Crippen LogP contribution in [0.5, 0.6) is 0 Å². The first-order valence-corrected chi connectivity index (χ1v) is 7.85. The van der Waals surface area contributed by atoms with Gasteiger partial charge in [0.15, 0.2) is 0 Å². The molecule has 0 bridgehead atoms. The summed E-state index contributed by atoms with van der Waals surface area (Å²) in [5.41, 5.74) is 1.42. The fraction of sp³-hybridized carbons (Fsp3) is 0.538. The molecule has 3 heteroatoms. The number of piperidine rings is 1. The summed E-state index contributed by atoms with van der Waals surface area (Å²) in [7, 11) is 0. The van der Waals surface area contributed by atoms with E-state index in [1.54, 1.807) is 0 Å². The van der Waals surface area contributed by atoms with Crippen molar-refractivity contribution in [1.29, 1.82) is 0 Å². The predicted octanol–water partition coefficient (Wildman–Crippen LogP) is 3.82. The van der Waals surface area contributed by atoms with Crippen LogP contribution in [0.15, 0.2) is 28.7 Å². The van der Waals surface area contributed by atoms with Crippen LogP contribution in [0.1, 0.15) is 24.8 Å². The van der Waals surface area contributed by atoms with Crippen LogP contribution in [0.25, 0.3) is 0 Å². The number of nitrogens with one attached hydrogen (secondary N) is 1. The van der Waals surface area contributed by atoms with E-state index in [1.807, 2.05) is 11.8 Å². The molecule has 0 aliphatic carbocycles. The van der Waals surface area contributed by atoms with Gasteiger partial charge in [0, 0.05) is 22.0 Å². The number of thioether (sulfide) groups is 1. The molecule has 1 heterocycles. The second kappa shape index (κ2) is 6.67. The SMILES string of the molecule is Brc1ccc(CSCC2CCCCN2)cc1. The van der Waals surface area contributed by atoms with Gasteiger partial charge in [0.25, 0.3) is 0 Å². The van der Waals surface area contributed by atoms with Crippen LogP contribution < -0.4 is 5.32 Å². The van der Waals surface area contributed by atoms with Crippen molar-refractivity contribution >= 4 is 27.7 Å². The molecule has 16 heavy (non-hydrogen) atoms. The normalized spacial score (nSPS) is 20.9. The highest BCUT2D eigenvalue weighted by molar-refractivity contribution is 9.10. The predicted molar refractivity (Wildman–Crippen MR) is 75.9 cm³/mol. The van der Waals surface area contributed by atoms with Crippen LogP contribution >= 0.6 is 27.7 Å². The van der Waals surface area contributed by atoms with Gasteiger partial charge in [-0.15, -0.1) is 0 Å². The lowest BCUT2D eigenvalue weighted by molar-refractivity contribution is 0.430. The molecule has 2 rings (SSSR count). The Morgan fingerprint density at radius 2 is 2.06 bits per heavy atom. The van der Waals surface area contributed by atoms with E-state index in [9.17, 15) is 0 Å². The van der Waals surface area contributed by atoms with Crippen molar-refractivity contribution in [2.24, 2.45) is 0 Å². The van der Waals surface area contributed by atoms with Gasteiger partial charge in [0.05, 0.1) is 0 Å². The summed E-state index contributed by atoms with van der Waals surface area (Å²) in [6, 6.07) is 9.38. The highest BCUT2D eigenvalue weighted by Crippen LogP contribution is 2.18. The van der Waals surface area contributed by atoms with Crippen molar-refractivity contribution < 1.29 is 0 Å². The first-order valence-electron chi connectivity index (χ1n) is 5.90. The summed E-state index contributed by atoms with van der Waals surface area (Å²) in [4.78, 5) is 0. The summed E-state index contributed by atoms with van der Waals surface area (Å²) >= 11 is 5.50. The molecule has 1 unspecified atom stereocenters. The molecule has 0 radical (unpaired) electrons. The summed E-state index contributed by atoms with van der Waals surface area (Å²) < 4.78 is 1.16. The molecule has 0 spiro atoms. The number of rotatable bonds is 4. The third-order valence-corrected chi connectivity index (χ3v) is 4.62. The fourth-order valence-electron chi connectivity index (χ4n) is 1.97. The molecule has 1 aliphatic rings. The van der Waals surface area contributed by atoms with Gasteiger partial charge in [-0.05, 0) is 37.1 Å². The van der Waals surface area contributed by atoms with Crippen LogP contribution in [0.2, 0.25) is 0 Å². The summed E-state index contributed by atoms with van der Waals surface area (Å²) in [6.07, 6.45) is 4.11. The lowest BCUT2D eigenvalue weighted by atomic mass is 10.1. The van der Waals surface area contributed by atoms with Crippen molar-refractivity contribution in [2.75, 3.05) is 12.3 Å². The van der Waals surface area contributed by atoms with Crippen LogP contribution in [0.3, 0.4) is 0 Å². The minimum Gasteiger partial charge on any atom is -0.313 e. The molecule has 1 nitrogen and oxygen atoms in total. The van der Waals surface area contributed by atoms with E-state index < -0.39 is 0 Å². The van der Waals surface area contributed by atoms with Crippen LogP contribution in [0.4, 0.5) is 0 Å². The molecule has 0 amide bonds. The topological polar surface area (TPSA) is 12.0 Å². The molecule has 1 saturated heterocycles. The molecule has 0 aromatic heterocycles. The summed E-state index contributed by atoms with van der Waals surface area (Å²) in [5.74, 6) is 2.38. The maximum atomic E-state index is 3.59. The average Bonchev–Trinajstić information content (AvgIpc) is 2.33. The van der Waals surface area contributed by atoms with Gasteiger partial charge in [-0.3, -0.25) is 0 Å². The van der Waals surface area contributed by atoms with E-state index in [-0.39, 0.29) is 0 Å². The first kappa shape index (κ1) is 12.5. The summed E-state index contributed by atoms with van der Waals surface area (Å²) in [5, 5.41) is 3.59. The Morgan fingerprint density at radius 3 is 2.75 bits per heavy atom. The number of hydrogen-bond donors (Lipinski definition) is 1. The zero-order valence-corrected chi connectivity index (χ0v) is 11.8. The third kappa shape index (κ3) is 4.11. The zero-order valence-electron chi connectivity index (χ0n) is 9.42. The number of hydrogen-bond acceptors (Lipinski definition) is 2. The van der Waals surface area contributed by atoms with Gasteiger partial charge in [-0.25, -0.2) is 0 Å². The lowest BCUT2D eigenvalue weighted by Gasteiger charge is -2.22. The second-order valence-corrected chi connectivity index (χ2v) is 6.23. The van der Waals surface area contributed by atoms with Gasteiger partial charge < -0.3 is 5.32 Å². The van der Waals surface area contributed by atoms with Gasteiger partial charge >= 0.3 is 0 Å². The largest absolute Gasteiger partial charge is 0.313 e. The highest BCUT2D eigenvalue weighted by atomic mass is 79.9. The Morgan fingerprint density at radius 1 is 1.25 bits per heavy atom. The Labute approximate surface area is 111 Å². The second-order valence-electron chi connectivity index (χ2n) is 4.29. The molecule has 1 fully saturated rings. The Bertz CT molecular complexity index is 306. The monoisotopic (exact) mass is 299 g/mol. The first-order chi connectivity index (χ1) is 7.84. The maximum absolute atomic E-state index is 3.59. The van der Waals surface area contributed by atoms with Crippen molar-refractivity contribution in [3.8, 4) is 0 Å². The van der Waals surface area contributed by atoms with Crippen molar-refractivity contribution in [3.05, 3.63) is 34.3 Å². The van der Waals surface area contributed by atoms with E-state index in [1.165, 1.54) is 37.1 Å². The van der Waals surface area contributed by atoms with Crippen molar-refractivity contribution in [3.63, 3.8) is 0 Å². The molecular formula is C13H18BrNS. The lowest BCUT2D eigenvalue weighted by Crippen LogP contribution is -2.35. The molecule has 1 aromatic rings. The zero-order chi connectivity index (χ0) is 11.2. The van der Waals surface area contributed by atoms with E-state index in [0.717, 1.165) is 16.3 Å². The Hall–Kier alpha value is 0.01000. The molecule has 1 N–H and O–H groups in total. The van der Waals surface area contributed by atoms with E-state index in [4.69, 9.17) is 0 Å². The summed E-state index contributed by atoms with van der Waals surface area (Å²) in [6.45, 7) is 1.21. The van der Waals surface area contributed by atoms with Gasteiger partial charge in [-0.1, -0.05) is 34.5 Å². The molecular weight excluding hydrogens is 282 g/mol. The standard InChI is InChI=1S/C13H18BrNS/c14-12-6-4-11(5-7-12)9-16-10-13-3-1-2-8-15-13/h4-7,13,15H,1-3,8-10H2. The minimum absolute atomic E-state index is 0.745. The number of halogens is 1. The van der Waals surface area contributed by atoms with Gasteiger partial charge in [0.1, 0.15) is 0 Å². The van der Waals surface area contributed by atoms with E-state index >= 15 is 0 Å². The Balaban J connectivity index is 1.69. The third-order valence-electron chi connectivity index (χ3n) is 2.91. The maximum Gasteiger partial charge on any atom is 0.0185 e. The highest BCUT2D eigenvalue weighted by Gasteiger charge is 2.11. The van der Waals surface area contributed by atoms with Crippen LogP contribution in [-0.4, -0.2) is 18.3 Å². The molecule has 0 saturated carbocycles. The van der Waals surface area contributed by atoms with Crippen molar-refractivity contribution in [2.45, 2.75) is 31.1 Å².